The number of hydrogen-bond acceptors (Lipinski definition) is 3. The van der Waals surface area contributed by atoms with Crippen LogP contribution in [0.25, 0.3) is 0 Å². The molecule has 4 nitrogen and oxygen atoms in total. The molecule has 0 aromatic heterocycles. The first kappa shape index (κ1) is 18.7. The summed E-state index contributed by atoms with van der Waals surface area (Å²) in [5.74, 6) is 0.529. The molecule has 0 spiro atoms. The van der Waals surface area contributed by atoms with Gasteiger partial charge in [0.05, 0.1) is 12.7 Å². The molecular formula is C14H29ClN2O2. The van der Waals surface area contributed by atoms with Gasteiger partial charge in [0.15, 0.2) is 0 Å². The Bertz CT molecular complexity index is 262. The summed E-state index contributed by atoms with van der Waals surface area (Å²) in [4.78, 5) is 11.7. The standard InChI is InChI=1S/C14H28N2O2.ClH/c1-10-6-4-5-7-13(10)18-9-8-16-14(17)11(2)12(3)15;/h10-13H,4-9,15H2,1-3H3,(H,16,17);1H. The Morgan fingerprint density at radius 3 is 2.58 bits per heavy atom. The molecule has 1 saturated carbocycles. The van der Waals surface area contributed by atoms with Crippen LogP contribution in [0.1, 0.15) is 46.5 Å². The largest absolute Gasteiger partial charge is 0.376 e. The zero-order valence-electron chi connectivity index (χ0n) is 12.4. The summed E-state index contributed by atoms with van der Waals surface area (Å²) in [5, 5.41) is 2.87. The summed E-state index contributed by atoms with van der Waals surface area (Å²) >= 11 is 0. The lowest BCUT2D eigenvalue weighted by Gasteiger charge is -2.28. The SMILES string of the molecule is CC(N)C(C)C(=O)NCCOC1CCCCC1C.Cl. The summed E-state index contributed by atoms with van der Waals surface area (Å²) in [6.07, 6.45) is 5.39. The second kappa shape index (κ2) is 9.56. The minimum atomic E-state index is -0.140. The average Bonchev–Trinajstić information content (AvgIpc) is 2.35. The molecule has 4 atom stereocenters. The first-order valence-electron chi connectivity index (χ1n) is 7.17. The molecule has 114 valence electrons. The minimum Gasteiger partial charge on any atom is -0.376 e. The highest BCUT2D eigenvalue weighted by atomic mass is 35.5. The van der Waals surface area contributed by atoms with Crippen molar-refractivity contribution in [1.29, 1.82) is 0 Å². The molecule has 5 heteroatoms. The van der Waals surface area contributed by atoms with Crippen LogP contribution in [0, 0.1) is 11.8 Å². The van der Waals surface area contributed by atoms with E-state index < -0.39 is 0 Å². The molecule has 1 amide bonds. The number of rotatable bonds is 6. The number of carbonyl (C=O) groups is 1. The zero-order valence-corrected chi connectivity index (χ0v) is 13.2. The third kappa shape index (κ3) is 6.59. The first-order valence-corrected chi connectivity index (χ1v) is 7.17. The quantitative estimate of drug-likeness (QED) is 0.737. The van der Waals surface area contributed by atoms with Gasteiger partial charge in [0, 0.05) is 18.5 Å². The smallest absolute Gasteiger partial charge is 0.224 e. The Kier molecular flexibility index (Phi) is 9.40. The summed E-state index contributed by atoms with van der Waals surface area (Å²) in [6, 6.07) is -0.107. The van der Waals surface area contributed by atoms with Crippen LogP contribution in [0.5, 0.6) is 0 Å². The van der Waals surface area contributed by atoms with Gasteiger partial charge in [0.25, 0.3) is 0 Å². The van der Waals surface area contributed by atoms with Gasteiger partial charge in [0.1, 0.15) is 0 Å². The van der Waals surface area contributed by atoms with Crippen molar-refractivity contribution in [2.24, 2.45) is 17.6 Å². The summed E-state index contributed by atoms with van der Waals surface area (Å²) in [7, 11) is 0. The fraction of sp³-hybridized carbons (Fsp3) is 0.929. The van der Waals surface area contributed by atoms with Crippen LogP contribution in [0.4, 0.5) is 0 Å². The van der Waals surface area contributed by atoms with E-state index in [1.807, 2.05) is 13.8 Å². The molecule has 1 fully saturated rings. The molecule has 0 aliphatic heterocycles. The highest BCUT2D eigenvalue weighted by Crippen LogP contribution is 2.25. The average molecular weight is 293 g/mol. The van der Waals surface area contributed by atoms with E-state index in [2.05, 4.69) is 12.2 Å². The van der Waals surface area contributed by atoms with E-state index in [1.165, 1.54) is 19.3 Å². The van der Waals surface area contributed by atoms with E-state index >= 15 is 0 Å². The van der Waals surface area contributed by atoms with Crippen LogP contribution in [0.3, 0.4) is 0 Å². The van der Waals surface area contributed by atoms with E-state index in [4.69, 9.17) is 10.5 Å². The van der Waals surface area contributed by atoms with Gasteiger partial charge < -0.3 is 15.8 Å². The lowest BCUT2D eigenvalue weighted by Crippen LogP contribution is -2.40. The molecule has 0 saturated heterocycles. The third-order valence-electron chi connectivity index (χ3n) is 3.97. The maximum Gasteiger partial charge on any atom is 0.224 e. The second-order valence-electron chi connectivity index (χ2n) is 5.61. The molecule has 0 aromatic rings. The van der Waals surface area contributed by atoms with E-state index in [0.29, 0.717) is 25.2 Å². The second-order valence-corrected chi connectivity index (χ2v) is 5.61. The van der Waals surface area contributed by atoms with Crippen molar-refractivity contribution in [2.75, 3.05) is 13.2 Å². The fourth-order valence-electron chi connectivity index (χ4n) is 2.31. The number of nitrogens with two attached hydrogens (primary N) is 1. The van der Waals surface area contributed by atoms with Gasteiger partial charge in [-0.2, -0.15) is 0 Å². The molecule has 4 unspecified atom stereocenters. The highest BCUT2D eigenvalue weighted by Gasteiger charge is 2.21. The van der Waals surface area contributed by atoms with Gasteiger partial charge in [0.2, 0.25) is 5.91 Å². The van der Waals surface area contributed by atoms with Gasteiger partial charge >= 0.3 is 0 Å². The molecule has 3 N–H and O–H groups in total. The number of nitrogens with one attached hydrogen (secondary N) is 1. The van der Waals surface area contributed by atoms with Crippen LogP contribution in [-0.2, 0) is 9.53 Å². The Morgan fingerprint density at radius 1 is 1.37 bits per heavy atom. The number of ether oxygens (including phenoxy) is 1. The number of amides is 1. The topological polar surface area (TPSA) is 64.4 Å². The molecule has 19 heavy (non-hydrogen) atoms. The van der Waals surface area contributed by atoms with Crippen LogP contribution in [0.2, 0.25) is 0 Å². The normalized spacial score (nSPS) is 26.1. The maximum absolute atomic E-state index is 11.7. The Morgan fingerprint density at radius 2 is 2.00 bits per heavy atom. The van der Waals surface area contributed by atoms with Crippen molar-refractivity contribution < 1.29 is 9.53 Å². The molecule has 0 heterocycles. The monoisotopic (exact) mass is 292 g/mol. The number of halogens is 1. The Balaban J connectivity index is 0.00000324. The summed E-state index contributed by atoms with van der Waals surface area (Å²) < 4.78 is 5.84. The van der Waals surface area contributed by atoms with Crippen LogP contribution < -0.4 is 11.1 Å². The van der Waals surface area contributed by atoms with Crippen molar-refractivity contribution in [3.05, 3.63) is 0 Å². The van der Waals surface area contributed by atoms with Crippen LogP contribution >= 0.6 is 12.4 Å². The lowest BCUT2D eigenvalue weighted by atomic mass is 9.88. The van der Waals surface area contributed by atoms with Crippen molar-refractivity contribution in [1.82, 2.24) is 5.32 Å². The van der Waals surface area contributed by atoms with E-state index in [9.17, 15) is 4.79 Å². The van der Waals surface area contributed by atoms with E-state index in [1.54, 1.807) is 0 Å². The fourth-order valence-corrected chi connectivity index (χ4v) is 2.31. The van der Waals surface area contributed by atoms with Gasteiger partial charge in [-0.25, -0.2) is 0 Å². The first-order chi connectivity index (χ1) is 8.52. The molecule has 1 rings (SSSR count). The molecule has 1 aliphatic rings. The van der Waals surface area contributed by atoms with Gasteiger partial charge in [-0.3, -0.25) is 4.79 Å². The van der Waals surface area contributed by atoms with E-state index in [-0.39, 0.29) is 30.3 Å². The molecule has 0 aromatic carbocycles. The predicted octanol–water partition coefficient (Wildman–Crippen LogP) is 2.10. The molecule has 1 aliphatic carbocycles. The maximum atomic E-state index is 11.7. The Labute approximate surface area is 123 Å². The van der Waals surface area contributed by atoms with Gasteiger partial charge in [-0.05, 0) is 25.7 Å². The highest BCUT2D eigenvalue weighted by molar-refractivity contribution is 5.85. The summed E-state index contributed by atoms with van der Waals surface area (Å²) in [6.45, 7) is 7.14. The molecular weight excluding hydrogens is 264 g/mol. The molecule has 0 radical (unpaired) electrons. The van der Waals surface area contributed by atoms with Crippen molar-refractivity contribution >= 4 is 18.3 Å². The predicted molar refractivity (Wildman–Crippen MR) is 80.4 cm³/mol. The van der Waals surface area contributed by atoms with Gasteiger partial charge in [-0.15, -0.1) is 12.4 Å². The lowest BCUT2D eigenvalue weighted by molar-refractivity contribution is -0.125. The molecule has 0 bridgehead atoms. The van der Waals surface area contributed by atoms with E-state index in [0.717, 1.165) is 6.42 Å². The zero-order chi connectivity index (χ0) is 13.5. The summed E-state index contributed by atoms with van der Waals surface area (Å²) in [5.41, 5.74) is 5.68. The van der Waals surface area contributed by atoms with Crippen molar-refractivity contribution in [3.63, 3.8) is 0 Å². The van der Waals surface area contributed by atoms with Gasteiger partial charge in [-0.1, -0.05) is 26.7 Å². The van der Waals surface area contributed by atoms with Crippen molar-refractivity contribution in [2.45, 2.75) is 58.6 Å². The Hall–Kier alpha value is -0.320. The minimum absolute atomic E-state index is 0. The van der Waals surface area contributed by atoms with Crippen LogP contribution in [0.15, 0.2) is 0 Å². The number of hydrogen-bond donors (Lipinski definition) is 2. The number of carbonyl (C=O) groups excluding carboxylic acids is 1. The van der Waals surface area contributed by atoms with Crippen LogP contribution in [-0.4, -0.2) is 31.2 Å². The third-order valence-corrected chi connectivity index (χ3v) is 3.97. The van der Waals surface area contributed by atoms with Crippen molar-refractivity contribution in [3.8, 4) is 0 Å².